The molecule has 0 saturated carbocycles. The van der Waals surface area contributed by atoms with Gasteiger partial charge < -0.3 is 0 Å². The zero-order valence-electron chi connectivity index (χ0n) is 26.1. The van der Waals surface area contributed by atoms with Gasteiger partial charge in [-0.1, -0.05) is 146 Å². The van der Waals surface area contributed by atoms with Crippen molar-refractivity contribution in [1.82, 2.24) is 15.0 Å². The Labute approximate surface area is 278 Å². The third kappa shape index (κ3) is 4.99. The molecule has 0 aliphatic rings. The first-order valence-corrected chi connectivity index (χ1v) is 16.2. The standard InChI is InChI=1S/C45H29N3/c1-2-10-35(11-3-1)45-47-41(32-19-16-30(17-20-32)38-13-8-26-46-29-38)28-42(48-45)33-21-23-34(24-22-33)43-40-15-7-5-12-36(40)27-37-25-18-31-9-4-6-14-39(31)44(37)43/h1-29H. The molecule has 0 amide bonds. The Hall–Kier alpha value is -6.45. The summed E-state index contributed by atoms with van der Waals surface area (Å²) in [5, 5.41) is 7.52. The first-order valence-electron chi connectivity index (χ1n) is 16.2. The Morgan fingerprint density at radius 2 is 0.938 bits per heavy atom. The third-order valence-electron chi connectivity index (χ3n) is 9.16. The molecule has 0 aliphatic heterocycles. The van der Waals surface area contributed by atoms with Crippen molar-refractivity contribution in [3.8, 4) is 56.2 Å². The predicted octanol–water partition coefficient (Wildman–Crippen LogP) is 11.7. The summed E-state index contributed by atoms with van der Waals surface area (Å²) in [4.78, 5) is 14.4. The van der Waals surface area contributed by atoms with Crippen molar-refractivity contribution in [2.45, 2.75) is 0 Å². The van der Waals surface area contributed by atoms with Gasteiger partial charge >= 0.3 is 0 Å². The number of hydrogen-bond acceptors (Lipinski definition) is 3. The molecule has 9 aromatic rings. The van der Waals surface area contributed by atoms with Crippen LogP contribution in [0.4, 0.5) is 0 Å². The van der Waals surface area contributed by atoms with E-state index in [0.717, 1.165) is 39.2 Å². The van der Waals surface area contributed by atoms with E-state index in [1.165, 1.54) is 43.4 Å². The molecule has 7 aromatic carbocycles. The molecule has 3 heteroatoms. The Kier molecular flexibility index (Phi) is 6.80. The van der Waals surface area contributed by atoms with Crippen LogP contribution in [0.3, 0.4) is 0 Å². The van der Waals surface area contributed by atoms with Gasteiger partial charge in [0.1, 0.15) is 0 Å². The summed E-state index contributed by atoms with van der Waals surface area (Å²) >= 11 is 0. The molecule has 0 radical (unpaired) electrons. The number of pyridine rings is 1. The lowest BCUT2D eigenvalue weighted by molar-refractivity contribution is 1.18. The Morgan fingerprint density at radius 3 is 1.65 bits per heavy atom. The monoisotopic (exact) mass is 611 g/mol. The Balaban J connectivity index is 1.18. The van der Waals surface area contributed by atoms with Crippen LogP contribution in [0.15, 0.2) is 176 Å². The maximum Gasteiger partial charge on any atom is 0.160 e. The summed E-state index contributed by atoms with van der Waals surface area (Å²) in [5.74, 6) is 0.704. The summed E-state index contributed by atoms with van der Waals surface area (Å²) in [7, 11) is 0. The largest absolute Gasteiger partial charge is 0.264 e. The van der Waals surface area contributed by atoms with E-state index in [2.05, 4.69) is 145 Å². The van der Waals surface area contributed by atoms with Gasteiger partial charge in [-0.2, -0.15) is 0 Å². The van der Waals surface area contributed by atoms with E-state index < -0.39 is 0 Å². The first kappa shape index (κ1) is 27.8. The summed E-state index contributed by atoms with van der Waals surface area (Å²) in [6.45, 7) is 0. The summed E-state index contributed by atoms with van der Waals surface area (Å²) < 4.78 is 0. The Morgan fingerprint density at radius 1 is 0.354 bits per heavy atom. The van der Waals surface area contributed by atoms with Crippen molar-refractivity contribution in [3.63, 3.8) is 0 Å². The fourth-order valence-corrected chi connectivity index (χ4v) is 6.77. The smallest absolute Gasteiger partial charge is 0.160 e. The average Bonchev–Trinajstić information content (AvgIpc) is 3.17. The number of rotatable bonds is 5. The van der Waals surface area contributed by atoms with E-state index in [4.69, 9.17) is 9.97 Å². The topological polar surface area (TPSA) is 38.7 Å². The second kappa shape index (κ2) is 11.7. The highest BCUT2D eigenvalue weighted by Gasteiger charge is 2.15. The molecule has 0 saturated heterocycles. The molecular formula is C45H29N3. The molecule has 2 aromatic heterocycles. The van der Waals surface area contributed by atoms with Crippen molar-refractivity contribution in [1.29, 1.82) is 0 Å². The lowest BCUT2D eigenvalue weighted by atomic mass is 9.89. The van der Waals surface area contributed by atoms with Crippen LogP contribution in [0.5, 0.6) is 0 Å². The van der Waals surface area contributed by atoms with Gasteiger partial charge in [0.25, 0.3) is 0 Å². The average molecular weight is 612 g/mol. The van der Waals surface area contributed by atoms with Gasteiger partial charge in [-0.05, 0) is 72.8 Å². The van der Waals surface area contributed by atoms with Gasteiger partial charge in [-0.3, -0.25) is 4.98 Å². The molecule has 9 rings (SSSR count). The molecule has 3 nitrogen and oxygen atoms in total. The lowest BCUT2D eigenvalue weighted by Crippen LogP contribution is -1.96. The van der Waals surface area contributed by atoms with Gasteiger partial charge in [0.15, 0.2) is 5.82 Å². The number of hydrogen-bond donors (Lipinski definition) is 0. The molecule has 0 atom stereocenters. The molecule has 0 bridgehead atoms. The van der Waals surface area contributed by atoms with Crippen molar-refractivity contribution in [3.05, 3.63) is 176 Å². The molecule has 0 N–H and O–H groups in total. The minimum absolute atomic E-state index is 0.704. The van der Waals surface area contributed by atoms with Crippen LogP contribution in [-0.2, 0) is 0 Å². The van der Waals surface area contributed by atoms with Crippen molar-refractivity contribution < 1.29 is 0 Å². The lowest BCUT2D eigenvalue weighted by Gasteiger charge is -2.15. The van der Waals surface area contributed by atoms with E-state index in [9.17, 15) is 0 Å². The summed E-state index contributed by atoms with van der Waals surface area (Å²) in [5.41, 5.74) is 9.47. The van der Waals surface area contributed by atoms with Crippen molar-refractivity contribution in [2.24, 2.45) is 0 Å². The highest BCUT2D eigenvalue weighted by Crippen LogP contribution is 2.41. The van der Waals surface area contributed by atoms with Crippen LogP contribution in [0.1, 0.15) is 0 Å². The molecule has 2 heterocycles. The predicted molar refractivity (Wildman–Crippen MR) is 200 cm³/mol. The van der Waals surface area contributed by atoms with Crippen LogP contribution in [-0.4, -0.2) is 15.0 Å². The molecule has 48 heavy (non-hydrogen) atoms. The zero-order chi connectivity index (χ0) is 31.9. The van der Waals surface area contributed by atoms with E-state index in [0.29, 0.717) is 5.82 Å². The fraction of sp³-hybridized carbons (Fsp3) is 0. The second-order valence-corrected chi connectivity index (χ2v) is 12.1. The third-order valence-corrected chi connectivity index (χ3v) is 9.16. The summed E-state index contributed by atoms with van der Waals surface area (Å²) in [6, 6.07) is 57.9. The summed E-state index contributed by atoms with van der Waals surface area (Å²) in [6.07, 6.45) is 3.68. The Bertz CT molecular complexity index is 2580. The van der Waals surface area contributed by atoms with Gasteiger partial charge in [0.2, 0.25) is 0 Å². The van der Waals surface area contributed by atoms with Gasteiger partial charge in [-0.15, -0.1) is 0 Å². The molecule has 0 aliphatic carbocycles. The van der Waals surface area contributed by atoms with E-state index >= 15 is 0 Å². The molecular weight excluding hydrogens is 583 g/mol. The number of aromatic nitrogens is 3. The van der Waals surface area contributed by atoms with Crippen LogP contribution in [0, 0.1) is 0 Å². The van der Waals surface area contributed by atoms with E-state index in [-0.39, 0.29) is 0 Å². The minimum Gasteiger partial charge on any atom is -0.264 e. The highest BCUT2D eigenvalue weighted by molar-refractivity contribution is 6.21. The number of fused-ring (bicyclic) bond motifs is 4. The van der Waals surface area contributed by atoms with Gasteiger partial charge in [0, 0.05) is 29.1 Å². The quantitative estimate of drug-likeness (QED) is 0.144. The fourth-order valence-electron chi connectivity index (χ4n) is 6.77. The maximum atomic E-state index is 5.09. The van der Waals surface area contributed by atoms with Gasteiger partial charge in [-0.25, -0.2) is 9.97 Å². The second-order valence-electron chi connectivity index (χ2n) is 12.1. The maximum absolute atomic E-state index is 5.09. The van der Waals surface area contributed by atoms with Crippen LogP contribution < -0.4 is 0 Å². The molecule has 0 fully saturated rings. The minimum atomic E-state index is 0.704. The van der Waals surface area contributed by atoms with Crippen LogP contribution in [0.25, 0.3) is 88.5 Å². The number of benzene rings is 7. The molecule has 224 valence electrons. The van der Waals surface area contributed by atoms with E-state index in [1.807, 2.05) is 30.5 Å². The van der Waals surface area contributed by atoms with Crippen LogP contribution in [0.2, 0.25) is 0 Å². The first-order chi connectivity index (χ1) is 23.8. The normalized spacial score (nSPS) is 11.3. The van der Waals surface area contributed by atoms with Gasteiger partial charge in [0.05, 0.1) is 11.4 Å². The molecule has 0 spiro atoms. The number of nitrogens with zero attached hydrogens (tertiary/aromatic N) is 3. The molecule has 0 unspecified atom stereocenters. The highest BCUT2D eigenvalue weighted by atomic mass is 14.9. The van der Waals surface area contributed by atoms with Crippen molar-refractivity contribution >= 4 is 32.3 Å². The van der Waals surface area contributed by atoms with E-state index in [1.54, 1.807) is 6.20 Å². The zero-order valence-corrected chi connectivity index (χ0v) is 26.1. The van der Waals surface area contributed by atoms with Crippen LogP contribution >= 0.6 is 0 Å². The van der Waals surface area contributed by atoms with Crippen molar-refractivity contribution in [2.75, 3.05) is 0 Å². The SMILES string of the molecule is c1ccc(-c2nc(-c3ccc(-c4cccnc4)cc3)cc(-c3ccc(-c4c5ccccc5cc5ccc6ccccc6c45)cc3)n2)cc1.